The number of aliphatic hydroxyl groups is 1. The fraction of sp³-hybridized carbons (Fsp3) is 0.786. The van der Waals surface area contributed by atoms with Crippen LogP contribution in [0, 0.1) is 0 Å². The van der Waals surface area contributed by atoms with Gasteiger partial charge in [-0.1, -0.05) is 6.92 Å². The van der Waals surface area contributed by atoms with E-state index in [4.69, 9.17) is 4.74 Å². The quantitative estimate of drug-likeness (QED) is 0.892. The minimum atomic E-state index is -0.584. The van der Waals surface area contributed by atoms with Gasteiger partial charge >= 0.3 is 0 Å². The van der Waals surface area contributed by atoms with Gasteiger partial charge in [0, 0.05) is 19.7 Å². The molecule has 0 spiro atoms. The van der Waals surface area contributed by atoms with E-state index in [9.17, 15) is 5.11 Å². The lowest BCUT2D eigenvalue weighted by molar-refractivity contribution is -0.155. The van der Waals surface area contributed by atoms with Crippen molar-refractivity contribution < 1.29 is 9.84 Å². The normalized spacial score (nSPS) is 32.7. The van der Waals surface area contributed by atoms with E-state index in [0.29, 0.717) is 6.61 Å². The first-order valence-corrected chi connectivity index (χ1v) is 6.79. The third-order valence-electron chi connectivity index (χ3n) is 4.11. The summed E-state index contributed by atoms with van der Waals surface area (Å²) in [6, 6.07) is 0. The van der Waals surface area contributed by atoms with Gasteiger partial charge in [-0.15, -0.1) is 0 Å². The highest BCUT2D eigenvalue weighted by molar-refractivity contribution is 5.05. The molecule has 0 aromatic carbocycles. The van der Waals surface area contributed by atoms with Gasteiger partial charge in [0.05, 0.1) is 24.0 Å². The van der Waals surface area contributed by atoms with E-state index in [2.05, 4.69) is 18.9 Å². The van der Waals surface area contributed by atoms with Crippen LogP contribution >= 0.6 is 0 Å². The van der Waals surface area contributed by atoms with Gasteiger partial charge in [0.1, 0.15) is 0 Å². The molecule has 1 fully saturated rings. The van der Waals surface area contributed by atoms with Gasteiger partial charge in [0.25, 0.3) is 0 Å². The van der Waals surface area contributed by atoms with Crippen molar-refractivity contribution in [3.63, 3.8) is 0 Å². The van der Waals surface area contributed by atoms with Crippen molar-refractivity contribution in [3.8, 4) is 0 Å². The number of ether oxygens (including phenoxy) is 1. The van der Waals surface area contributed by atoms with Crippen LogP contribution in [0.15, 0.2) is 12.4 Å². The van der Waals surface area contributed by atoms with Crippen LogP contribution in [0.3, 0.4) is 0 Å². The molecule has 102 valence electrons. The molecule has 2 atom stereocenters. The Morgan fingerprint density at radius 2 is 2.33 bits per heavy atom. The summed E-state index contributed by atoms with van der Waals surface area (Å²) >= 11 is 0. The molecule has 0 radical (unpaired) electrons. The first-order valence-electron chi connectivity index (χ1n) is 6.79. The molecule has 18 heavy (non-hydrogen) atoms. The average molecular weight is 252 g/mol. The van der Waals surface area contributed by atoms with Crippen molar-refractivity contribution in [2.45, 2.75) is 57.2 Å². The van der Waals surface area contributed by atoms with Crippen LogP contribution in [0.5, 0.6) is 0 Å². The standard InChI is InChI=1S/C14H24N2O2/c1-4-13(2)11-14(17,7-8-18-13)6-5-12-9-15-16(3)10-12/h9-10,17H,4-8,11H2,1-3H3. The van der Waals surface area contributed by atoms with E-state index in [1.165, 1.54) is 5.56 Å². The van der Waals surface area contributed by atoms with Crippen LogP contribution < -0.4 is 0 Å². The molecule has 2 rings (SSSR count). The molecule has 1 aromatic rings. The van der Waals surface area contributed by atoms with Crippen molar-refractivity contribution in [2.24, 2.45) is 7.05 Å². The minimum Gasteiger partial charge on any atom is -0.390 e. The molecule has 1 aliphatic heterocycles. The lowest BCUT2D eigenvalue weighted by Crippen LogP contribution is -2.47. The van der Waals surface area contributed by atoms with Gasteiger partial charge < -0.3 is 9.84 Å². The molecule has 2 heterocycles. The van der Waals surface area contributed by atoms with Gasteiger partial charge in [-0.25, -0.2) is 0 Å². The Balaban J connectivity index is 1.94. The molecule has 1 N–H and O–H groups in total. The van der Waals surface area contributed by atoms with Crippen molar-refractivity contribution in [2.75, 3.05) is 6.61 Å². The fourth-order valence-corrected chi connectivity index (χ4v) is 2.74. The first-order chi connectivity index (χ1) is 8.45. The third kappa shape index (κ3) is 3.12. The number of aryl methyl sites for hydroxylation is 2. The maximum atomic E-state index is 10.7. The third-order valence-corrected chi connectivity index (χ3v) is 4.11. The zero-order valence-electron chi connectivity index (χ0n) is 11.6. The maximum absolute atomic E-state index is 10.7. The second kappa shape index (κ2) is 5.02. The smallest absolute Gasteiger partial charge is 0.0700 e. The Labute approximate surface area is 109 Å². The molecule has 2 unspecified atom stereocenters. The van der Waals surface area contributed by atoms with Gasteiger partial charge in [-0.05, 0) is 38.2 Å². The molecule has 4 heteroatoms. The Morgan fingerprint density at radius 1 is 1.56 bits per heavy atom. The molecule has 1 aromatic heterocycles. The van der Waals surface area contributed by atoms with Crippen molar-refractivity contribution in [1.29, 1.82) is 0 Å². The summed E-state index contributed by atoms with van der Waals surface area (Å²) in [7, 11) is 1.92. The van der Waals surface area contributed by atoms with Crippen LogP contribution in [0.25, 0.3) is 0 Å². The number of hydrogen-bond donors (Lipinski definition) is 1. The molecular weight excluding hydrogens is 228 g/mol. The van der Waals surface area contributed by atoms with E-state index in [0.717, 1.165) is 32.1 Å². The molecular formula is C14H24N2O2. The van der Waals surface area contributed by atoms with Gasteiger partial charge in [-0.2, -0.15) is 5.10 Å². The van der Waals surface area contributed by atoms with Gasteiger partial charge in [0.2, 0.25) is 0 Å². The number of rotatable bonds is 4. The van der Waals surface area contributed by atoms with Crippen LogP contribution in [-0.4, -0.2) is 32.7 Å². The molecule has 0 amide bonds. The highest BCUT2D eigenvalue weighted by atomic mass is 16.5. The van der Waals surface area contributed by atoms with Crippen molar-refractivity contribution in [3.05, 3.63) is 18.0 Å². The summed E-state index contributed by atoms with van der Waals surface area (Å²) in [5.41, 5.74) is 0.441. The minimum absolute atomic E-state index is 0.165. The first kappa shape index (κ1) is 13.6. The summed E-state index contributed by atoms with van der Waals surface area (Å²) in [4.78, 5) is 0. The zero-order chi connectivity index (χ0) is 13.2. The number of hydrogen-bond acceptors (Lipinski definition) is 3. The van der Waals surface area contributed by atoms with E-state index < -0.39 is 5.60 Å². The summed E-state index contributed by atoms with van der Waals surface area (Å²) in [6.07, 6.45) is 7.98. The van der Waals surface area contributed by atoms with Crippen LogP contribution in [0.2, 0.25) is 0 Å². The summed E-state index contributed by atoms with van der Waals surface area (Å²) in [5.74, 6) is 0. The van der Waals surface area contributed by atoms with E-state index in [1.807, 2.05) is 19.4 Å². The molecule has 0 saturated carbocycles. The Kier molecular flexibility index (Phi) is 3.78. The van der Waals surface area contributed by atoms with Gasteiger partial charge in [0.15, 0.2) is 0 Å². The van der Waals surface area contributed by atoms with E-state index >= 15 is 0 Å². The SMILES string of the molecule is CCC1(C)CC(O)(CCc2cnn(C)c2)CCO1. The van der Waals surface area contributed by atoms with Crippen molar-refractivity contribution in [1.82, 2.24) is 9.78 Å². The Morgan fingerprint density at radius 3 is 2.94 bits per heavy atom. The van der Waals surface area contributed by atoms with Crippen molar-refractivity contribution >= 4 is 0 Å². The molecule has 1 aliphatic rings. The summed E-state index contributed by atoms with van der Waals surface area (Å²) in [6.45, 7) is 4.88. The van der Waals surface area contributed by atoms with E-state index in [-0.39, 0.29) is 5.60 Å². The number of aromatic nitrogens is 2. The predicted molar refractivity (Wildman–Crippen MR) is 70.4 cm³/mol. The Hall–Kier alpha value is -0.870. The largest absolute Gasteiger partial charge is 0.390 e. The predicted octanol–water partition coefficient (Wildman–Crippen LogP) is 2.06. The van der Waals surface area contributed by atoms with Crippen LogP contribution in [-0.2, 0) is 18.2 Å². The van der Waals surface area contributed by atoms with Gasteiger partial charge in [-0.3, -0.25) is 4.68 Å². The molecule has 0 aliphatic carbocycles. The molecule has 0 bridgehead atoms. The van der Waals surface area contributed by atoms with E-state index in [1.54, 1.807) is 4.68 Å². The fourth-order valence-electron chi connectivity index (χ4n) is 2.74. The second-order valence-corrected chi connectivity index (χ2v) is 5.83. The lowest BCUT2D eigenvalue weighted by atomic mass is 9.79. The summed E-state index contributed by atoms with van der Waals surface area (Å²) in [5, 5.41) is 14.9. The van der Waals surface area contributed by atoms with Crippen LogP contribution in [0.4, 0.5) is 0 Å². The lowest BCUT2D eigenvalue weighted by Gasteiger charge is -2.43. The number of nitrogens with zero attached hydrogens (tertiary/aromatic N) is 2. The molecule has 4 nitrogen and oxygen atoms in total. The maximum Gasteiger partial charge on any atom is 0.0700 e. The monoisotopic (exact) mass is 252 g/mol. The molecule has 1 saturated heterocycles. The second-order valence-electron chi connectivity index (χ2n) is 5.83. The topological polar surface area (TPSA) is 47.3 Å². The zero-order valence-corrected chi connectivity index (χ0v) is 11.6. The Bertz CT molecular complexity index is 404. The summed E-state index contributed by atoms with van der Waals surface area (Å²) < 4.78 is 7.59. The highest BCUT2D eigenvalue weighted by Gasteiger charge is 2.40. The van der Waals surface area contributed by atoms with Crippen LogP contribution in [0.1, 0.15) is 45.1 Å². The average Bonchev–Trinajstić information content (AvgIpc) is 2.73. The highest BCUT2D eigenvalue weighted by Crippen LogP contribution is 2.37.